The summed E-state index contributed by atoms with van der Waals surface area (Å²) >= 11 is 0. The van der Waals surface area contributed by atoms with Gasteiger partial charge in [0.1, 0.15) is 12.0 Å². The summed E-state index contributed by atoms with van der Waals surface area (Å²) in [5.41, 5.74) is 0.851. The van der Waals surface area contributed by atoms with Gasteiger partial charge in [-0.3, -0.25) is 0 Å². The van der Waals surface area contributed by atoms with Crippen LogP contribution >= 0.6 is 0 Å². The number of aromatic nitrogens is 1. The van der Waals surface area contributed by atoms with Crippen LogP contribution in [0.5, 0.6) is 11.8 Å². The largest absolute Gasteiger partial charge is 0.417 e. The zero-order valence-corrected chi connectivity index (χ0v) is 9.85. The smallest absolute Gasteiger partial charge is 0.399 e. The molecule has 2 aromatic rings. The maximum absolute atomic E-state index is 5.46. The van der Waals surface area contributed by atoms with Crippen LogP contribution in [-0.2, 0) is 6.54 Å². The van der Waals surface area contributed by atoms with Crippen molar-refractivity contribution in [2.75, 3.05) is 6.54 Å². The summed E-state index contributed by atoms with van der Waals surface area (Å²) in [4.78, 5) is 4.23. The van der Waals surface area contributed by atoms with Gasteiger partial charge in [-0.2, -0.15) is 4.98 Å². The molecule has 1 aromatic carbocycles. The molecule has 4 heteroatoms. The fraction of sp³-hybridized carbons (Fsp3) is 0.308. The van der Waals surface area contributed by atoms with Gasteiger partial charge in [0.25, 0.3) is 0 Å². The molecule has 0 saturated carbocycles. The molecule has 4 nitrogen and oxygen atoms in total. The van der Waals surface area contributed by atoms with E-state index in [0.29, 0.717) is 6.54 Å². The van der Waals surface area contributed by atoms with Gasteiger partial charge in [-0.25, -0.2) is 0 Å². The van der Waals surface area contributed by atoms with Crippen LogP contribution in [0.4, 0.5) is 0 Å². The number of hydrogen-bond acceptors (Lipinski definition) is 4. The highest BCUT2D eigenvalue weighted by Gasteiger charge is 2.05. The van der Waals surface area contributed by atoms with Gasteiger partial charge in [0.05, 0.1) is 5.69 Å². The molecule has 0 unspecified atom stereocenters. The maximum atomic E-state index is 5.46. The van der Waals surface area contributed by atoms with Crippen LogP contribution in [-0.4, -0.2) is 11.5 Å². The molecule has 0 amide bonds. The van der Waals surface area contributed by atoms with Crippen molar-refractivity contribution in [1.29, 1.82) is 0 Å². The monoisotopic (exact) mass is 232 g/mol. The molecular formula is C13H16N2O2. The van der Waals surface area contributed by atoms with Crippen LogP contribution in [0.15, 0.2) is 41.0 Å². The summed E-state index contributed by atoms with van der Waals surface area (Å²) in [5, 5.41) is 3.25. The Bertz CT molecular complexity index is 440. The van der Waals surface area contributed by atoms with E-state index in [0.717, 1.165) is 24.4 Å². The molecule has 17 heavy (non-hydrogen) atoms. The minimum absolute atomic E-state index is 0.282. The molecule has 0 radical (unpaired) electrons. The predicted octanol–water partition coefficient (Wildman–Crippen LogP) is 2.97. The molecule has 0 aliphatic heterocycles. The number of oxazole rings is 1. The van der Waals surface area contributed by atoms with E-state index in [1.54, 1.807) is 6.26 Å². The predicted molar refractivity (Wildman–Crippen MR) is 65.0 cm³/mol. The van der Waals surface area contributed by atoms with Crippen molar-refractivity contribution in [2.24, 2.45) is 0 Å². The molecule has 0 bridgehead atoms. The molecule has 0 spiro atoms. The van der Waals surface area contributed by atoms with E-state index >= 15 is 0 Å². The molecular weight excluding hydrogens is 216 g/mol. The van der Waals surface area contributed by atoms with E-state index in [4.69, 9.17) is 9.15 Å². The SMILES string of the molecule is CCCNCc1coc(Oc2ccccc2)n1. The quantitative estimate of drug-likeness (QED) is 0.778. The van der Waals surface area contributed by atoms with Crippen molar-refractivity contribution in [3.8, 4) is 11.8 Å². The Morgan fingerprint density at radius 1 is 1.29 bits per heavy atom. The number of rotatable bonds is 6. The second-order valence-corrected chi connectivity index (χ2v) is 3.70. The molecule has 0 saturated heterocycles. The van der Waals surface area contributed by atoms with Gasteiger partial charge in [0.2, 0.25) is 0 Å². The summed E-state index contributed by atoms with van der Waals surface area (Å²) in [5.74, 6) is 0.724. The van der Waals surface area contributed by atoms with Gasteiger partial charge in [-0.05, 0) is 25.1 Å². The summed E-state index contributed by atoms with van der Waals surface area (Å²) in [7, 11) is 0. The first-order valence-electron chi connectivity index (χ1n) is 5.76. The first-order valence-corrected chi connectivity index (χ1v) is 5.76. The molecule has 0 aliphatic rings. The molecule has 90 valence electrons. The molecule has 2 rings (SSSR count). The molecule has 0 atom stereocenters. The van der Waals surface area contributed by atoms with Crippen molar-refractivity contribution in [3.63, 3.8) is 0 Å². The van der Waals surface area contributed by atoms with Gasteiger partial charge in [-0.1, -0.05) is 25.1 Å². The minimum Gasteiger partial charge on any atom is -0.417 e. The van der Waals surface area contributed by atoms with Crippen molar-refractivity contribution in [1.82, 2.24) is 10.3 Å². The summed E-state index contributed by atoms with van der Waals surface area (Å²) in [6, 6.07) is 9.46. The van der Waals surface area contributed by atoms with Crippen molar-refractivity contribution >= 4 is 0 Å². The lowest BCUT2D eigenvalue weighted by atomic mass is 10.3. The number of hydrogen-bond donors (Lipinski definition) is 1. The normalized spacial score (nSPS) is 10.4. The fourth-order valence-corrected chi connectivity index (χ4v) is 1.40. The van der Waals surface area contributed by atoms with E-state index in [9.17, 15) is 0 Å². The van der Waals surface area contributed by atoms with Gasteiger partial charge in [0, 0.05) is 6.54 Å². The fourth-order valence-electron chi connectivity index (χ4n) is 1.40. The second-order valence-electron chi connectivity index (χ2n) is 3.70. The Morgan fingerprint density at radius 3 is 2.88 bits per heavy atom. The average Bonchev–Trinajstić information content (AvgIpc) is 2.79. The first-order chi connectivity index (χ1) is 8.38. The van der Waals surface area contributed by atoms with E-state index < -0.39 is 0 Å². The van der Waals surface area contributed by atoms with E-state index in [1.165, 1.54) is 0 Å². The topological polar surface area (TPSA) is 47.3 Å². The van der Waals surface area contributed by atoms with Gasteiger partial charge < -0.3 is 14.5 Å². The summed E-state index contributed by atoms with van der Waals surface area (Å²) in [6.45, 7) is 3.80. The molecule has 0 fully saturated rings. The van der Waals surface area contributed by atoms with Crippen LogP contribution in [0.1, 0.15) is 19.0 Å². The Labute approximate surface area is 101 Å². The van der Waals surface area contributed by atoms with Gasteiger partial charge in [0.15, 0.2) is 0 Å². The third-order valence-electron chi connectivity index (χ3n) is 2.21. The van der Waals surface area contributed by atoms with Gasteiger partial charge in [-0.15, -0.1) is 0 Å². The Hall–Kier alpha value is -1.81. The number of nitrogens with zero attached hydrogens (tertiary/aromatic N) is 1. The van der Waals surface area contributed by atoms with Gasteiger partial charge >= 0.3 is 6.08 Å². The zero-order chi connectivity index (χ0) is 11.9. The molecule has 0 aliphatic carbocycles. The standard InChI is InChI=1S/C13H16N2O2/c1-2-8-14-9-11-10-16-13(15-11)17-12-6-4-3-5-7-12/h3-7,10,14H,2,8-9H2,1H3. The molecule has 1 aromatic heterocycles. The van der Waals surface area contributed by atoms with E-state index in [-0.39, 0.29) is 6.08 Å². The van der Waals surface area contributed by atoms with Crippen molar-refractivity contribution in [2.45, 2.75) is 19.9 Å². The van der Waals surface area contributed by atoms with Crippen LogP contribution in [0.3, 0.4) is 0 Å². The zero-order valence-electron chi connectivity index (χ0n) is 9.85. The van der Waals surface area contributed by atoms with Crippen molar-refractivity contribution < 1.29 is 9.15 Å². The Kier molecular flexibility index (Phi) is 4.16. The lowest BCUT2D eigenvalue weighted by Crippen LogP contribution is -2.13. The maximum Gasteiger partial charge on any atom is 0.399 e. The number of para-hydroxylation sites is 1. The third-order valence-corrected chi connectivity index (χ3v) is 2.21. The van der Waals surface area contributed by atoms with Crippen LogP contribution < -0.4 is 10.1 Å². The van der Waals surface area contributed by atoms with E-state index in [1.807, 2.05) is 30.3 Å². The number of nitrogens with one attached hydrogen (secondary N) is 1. The Balaban J connectivity index is 1.90. The number of ether oxygens (including phenoxy) is 1. The summed E-state index contributed by atoms with van der Waals surface area (Å²) in [6.07, 6.45) is 3.00. The summed E-state index contributed by atoms with van der Waals surface area (Å²) < 4.78 is 10.7. The second kappa shape index (κ2) is 6.06. The lowest BCUT2D eigenvalue weighted by molar-refractivity contribution is 0.331. The molecule has 1 heterocycles. The highest BCUT2D eigenvalue weighted by molar-refractivity contribution is 5.23. The number of benzene rings is 1. The average molecular weight is 232 g/mol. The highest BCUT2D eigenvalue weighted by Crippen LogP contribution is 2.19. The van der Waals surface area contributed by atoms with Crippen LogP contribution in [0.2, 0.25) is 0 Å². The lowest BCUT2D eigenvalue weighted by Gasteiger charge is -1.99. The first kappa shape index (κ1) is 11.7. The van der Waals surface area contributed by atoms with Crippen LogP contribution in [0.25, 0.3) is 0 Å². The molecule has 1 N–H and O–H groups in total. The highest BCUT2D eigenvalue weighted by atomic mass is 16.6. The minimum atomic E-state index is 0.282. The third kappa shape index (κ3) is 3.60. The van der Waals surface area contributed by atoms with Crippen LogP contribution in [0, 0.1) is 0 Å². The van der Waals surface area contributed by atoms with E-state index in [2.05, 4.69) is 17.2 Å². The van der Waals surface area contributed by atoms with Crippen molar-refractivity contribution in [3.05, 3.63) is 42.3 Å². The Morgan fingerprint density at radius 2 is 2.12 bits per heavy atom.